The summed E-state index contributed by atoms with van der Waals surface area (Å²) in [5, 5.41) is 0. The van der Waals surface area contributed by atoms with E-state index in [2.05, 4.69) is 9.97 Å². The van der Waals surface area contributed by atoms with Crippen LogP contribution in [0.1, 0.15) is 25.6 Å². The number of nitrogen functional groups attached to an aromatic ring is 1. The molecule has 94 valence electrons. The van der Waals surface area contributed by atoms with Gasteiger partial charge < -0.3 is 5.73 Å². The van der Waals surface area contributed by atoms with Gasteiger partial charge in [-0.25, -0.2) is 18.7 Å². The number of benzene rings is 1. The Balaban J connectivity index is 2.60. The number of hydrogen-bond acceptors (Lipinski definition) is 3. The normalized spacial score (nSPS) is 10.9. The molecule has 0 unspecified atom stereocenters. The molecule has 18 heavy (non-hydrogen) atoms. The smallest absolute Gasteiger partial charge is 0.133 e. The number of halogens is 2. The second-order valence-electron chi connectivity index (χ2n) is 4.32. The standard InChI is InChI=1S/C13H13F2N3/c1-7(2)13-17-11(6-12(16)18-13)9-5-8(14)3-4-10(9)15/h3-7H,1-2H3,(H2,16,17,18). The second-order valence-corrected chi connectivity index (χ2v) is 4.32. The first kappa shape index (κ1) is 12.4. The lowest BCUT2D eigenvalue weighted by molar-refractivity contribution is 0.602. The molecule has 0 radical (unpaired) electrons. The van der Waals surface area contributed by atoms with Gasteiger partial charge in [-0.1, -0.05) is 13.8 Å². The third-order valence-electron chi connectivity index (χ3n) is 2.48. The number of aromatic nitrogens is 2. The molecule has 0 spiro atoms. The molecule has 2 N–H and O–H groups in total. The van der Waals surface area contributed by atoms with Crippen molar-refractivity contribution in [1.82, 2.24) is 9.97 Å². The van der Waals surface area contributed by atoms with Crippen LogP contribution in [0.25, 0.3) is 11.3 Å². The van der Waals surface area contributed by atoms with Crippen molar-refractivity contribution < 1.29 is 8.78 Å². The van der Waals surface area contributed by atoms with Crippen LogP contribution in [0, 0.1) is 11.6 Å². The maximum atomic E-state index is 13.7. The van der Waals surface area contributed by atoms with Gasteiger partial charge in [0.1, 0.15) is 23.3 Å². The van der Waals surface area contributed by atoms with Crippen LogP contribution in [-0.2, 0) is 0 Å². The topological polar surface area (TPSA) is 51.8 Å². The van der Waals surface area contributed by atoms with E-state index in [4.69, 9.17) is 5.73 Å². The van der Waals surface area contributed by atoms with Gasteiger partial charge in [0.2, 0.25) is 0 Å². The van der Waals surface area contributed by atoms with Gasteiger partial charge in [0.15, 0.2) is 0 Å². The minimum atomic E-state index is -0.538. The van der Waals surface area contributed by atoms with E-state index < -0.39 is 11.6 Å². The Hall–Kier alpha value is -2.04. The van der Waals surface area contributed by atoms with Gasteiger partial charge in [0.05, 0.1) is 5.69 Å². The van der Waals surface area contributed by atoms with E-state index >= 15 is 0 Å². The van der Waals surface area contributed by atoms with Gasteiger partial charge in [0, 0.05) is 17.5 Å². The average Bonchev–Trinajstić information content (AvgIpc) is 2.31. The molecule has 0 aliphatic carbocycles. The predicted octanol–water partition coefficient (Wildman–Crippen LogP) is 3.13. The van der Waals surface area contributed by atoms with Crippen LogP contribution in [-0.4, -0.2) is 9.97 Å². The zero-order valence-corrected chi connectivity index (χ0v) is 10.1. The number of nitrogens with zero attached hydrogens (tertiary/aromatic N) is 2. The van der Waals surface area contributed by atoms with Crippen LogP contribution in [0.3, 0.4) is 0 Å². The molecule has 0 amide bonds. The first-order valence-electron chi connectivity index (χ1n) is 5.57. The van der Waals surface area contributed by atoms with Crippen LogP contribution in [0.5, 0.6) is 0 Å². The van der Waals surface area contributed by atoms with Crippen molar-refractivity contribution in [3.8, 4) is 11.3 Å². The first-order chi connectivity index (χ1) is 8.47. The lowest BCUT2D eigenvalue weighted by Gasteiger charge is -2.09. The highest BCUT2D eigenvalue weighted by molar-refractivity contribution is 5.62. The van der Waals surface area contributed by atoms with Crippen LogP contribution in [0.15, 0.2) is 24.3 Å². The number of nitrogens with two attached hydrogens (primary N) is 1. The highest BCUT2D eigenvalue weighted by atomic mass is 19.1. The zero-order valence-electron chi connectivity index (χ0n) is 10.1. The summed E-state index contributed by atoms with van der Waals surface area (Å²) in [6.07, 6.45) is 0. The fourth-order valence-corrected chi connectivity index (χ4v) is 1.58. The van der Waals surface area contributed by atoms with Crippen LogP contribution < -0.4 is 5.73 Å². The molecular weight excluding hydrogens is 236 g/mol. The van der Waals surface area contributed by atoms with Crippen molar-refractivity contribution in [2.75, 3.05) is 5.73 Å². The van der Waals surface area contributed by atoms with Crippen molar-refractivity contribution in [2.45, 2.75) is 19.8 Å². The van der Waals surface area contributed by atoms with E-state index in [1.54, 1.807) is 0 Å². The van der Waals surface area contributed by atoms with E-state index in [-0.39, 0.29) is 17.3 Å². The maximum Gasteiger partial charge on any atom is 0.133 e. The largest absolute Gasteiger partial charge is 0.384 e. The fraction of sp³-hybridized carbons (Fsp3) is 0.231. The van der Waals surface area contributed by atoms with Gasteiger partial charge in [-0.3, -0.25) is 0 Å². The number of rotatable bonds is 2. The van der Waals surface area contributed by atoms with Crippen LogP contribution in [0.4, 0.5) is 14.6 Å². The van der Waals surface area contributed by atoms with Crippen molar-refractivity contribution >= 4 is 5.82 Å². The lowest BCUT2D eigenvalue weighted by atomic mass is 10.1. The summed E-state index contributed by atoms with van der Waals surface area (Å²) in [6.45, 7) is 3.81. The van der Waals surface area contributed by atoms with Crippen LogP contribution in [0.2, 0.25) is 0 Å². The maximum absolute atomic E-state index is 13.7. The van der Waals surface area contributed by atoms with Gasteiger partial charge in [-0.2, -0.15) is 0 Å². The van der Waals surface area contributed by atoms with E-state index in [1.807, 2.05) is 13.8 Å². The van der Waals surface area contributed by atoms with Crippen molar-refractivity contribution in [3.05, 3.63) is 41.7 Å². The summed E-state index contributed by atoms with van der Waals surface area (Å²) in [7, 11) is 0. The summed E-state index contributed by atoms with van der Waals surface area (Å²) in [6, 6.07) is 4.66. The monoisotopic (exact) mass is 249 g/mol. The Labute approximate surface area is 104 Å². The summed E-state index contributed by atoms with van der Waals surface area (Å²) in [4.78, 5) is 8.27. The summed E-state index contributed by atoms with van der Waals surface area (Å²) >= 11 is 0. The molecule has 1 aromatic heterocycles. The average molecular weight is 249 g/mol. The SMILES string of the molecule is CC(C)c1nc(N)cc(-c2cc(F)ccc2F)n1. The first-order valence-corrected chi connectivity index (χ1v) is 5.57. The predicted molar refractivity (Wildman–Crippen MR) is 65.9 cm³/mol. The van der Waals surface area contributed by atoms with E-state index in [1.165, 1.54) is 6.07 Å². The van der Waals surface area contributed by atoms with Crippen molar-refractivity contribution in [3.63, 3.8) is 0 Å². The van der Waals surface area contributed by atoms with Gasteiger partial charge >= 0.3 is 0 Å². The molecule has 0 fully saturated rings. The third-order valence-corrected chi connectivity index (χ3v) is 2.48. The van der Waals surface area contributed by atoms with Crippen molar-refractivity contribution in [1.29, 1.82) is 0 Å². The molecule has 5 heteroatoms. The number of anilines is 1. The Morgan fingerprint density at radius 3 is 2.50 bits per heavy atom. The fourth-order valence-electron chi connectivity index (χ4n) is 1.58. The van der Waals surface area contributed by atoms with E-state index in [0.29, 0.717) is 11.5 Å². The van der Waals surface area contributed by atoms with Gasteiger partial charge in [0.25, 0.3) is 0 Å². The Morgan fingerprint density at radius 2 is 1.83 bits per heavy atom. The molecule has 2 aromatic rings. The Morgan fingerprint density at radius 1 is 1.11 bits per heavy atom. The molecule has 1 aromatic carbocycles. The molecule has 3 nitrogen and oxygen atoms in total. The number of hydrogen-bond donors (Lipinski definition) is 1. The molecule has 0 bridgehead atoms. The van der Waals surface area contributed by atoms with Gasteiger partial charge in [-0.05, 0) is 18.2 Å². The Kier molecular flexibility index (Phi) is 3.23. The van der Waals surface area contributed by atoms with Gasteiger partial charge in [-0.15, -0.1) is 0 Å². The summed E-state index contributed by atoms with van der Waals surface area (Å²) in [5.41, 5.74) is 6.04. The molecule has 0 saturated carbocycles. The molecule has 2 rings (SSSR count). The lowest BCUT2D eigenvalue weighted by Crippen LogP contribution is -2.03. The van der Waals surface area contributed by atoms with Crippen LogP contribution >= 0.6 is 0 Å². The molecule has 1 heterocycles. The summed E-state index contributed by atoms with van der Waals surface area (Å²) in [5.74, 6) is -0.247. The highest BCUT2D eigenvalue weighted by Gasteiger charge is 2.12. The Bertz CT molecular complexity index is 582. The zero-order chi connectivity index (χ0) is 13.3. The van der Waals surface area contributed by atoms with Crippen molar-refractivity contribution in [2.24, 2.45) is 0 Å². The molecule has 0 aliphatic heterocycles. The third kappa shape index (κ3) is 2.45. The summed E-state index contributed by atoms with van der Waals surface area (Å²) < 4.78 is 26.8. The minimum Gasteiger partial charge on any atom is -0.384 e. The molecular formula is C13H13F2N3. The minimum absolute atomic E-state index is 0.0591. The second kappa shape index (κ2) is 4.68. The highest BCUT2D eigenvalue weighted by Crippen LogP contribution is 2.24. The van der Waals surface area contributed by atoms with E-state index in [9.17, 15) is 8.78 Å². The quantitative estimate of drug-likeness (QED) is 0.889. The molecule has 0 atom stereocenters. The molecule has 0 aliphatic rings. The van der Waals surface area contributed by atoms with E-state index in [0.717, 1.165) is 18.2 Å². The molecule has 0 saturated heterocycles.